The highest BCUT2D eigenvalue weighted by Crippen LogP contribution is 2.57. The van der Waals surface area contributed by atoms with Crippen LogP contribution in [0.5, 0.6) is 0 Å². The molecule has 3 atom stereocenters. The van der Waals surface area contributed by atoms with E-state index >= 15 is 0 Å². The summed E-state index contributed by atoms with van der Waals surface area (Å²) in [6.45, 7) is 8.52. The predicted octanol–water partition coefficient (Wildman–Crippen LogP) is 4.63. The topological polar surface area (TPSA) is 43.4 Å². The largest absolute Gasteiger partial charge is 0.469 e. The fourth-order valence-electron chi connectivity index (χ4n) is 5.07. The zero-order valence-corrected chi connectivity index (χ0v) is 15.4. The number of esters is 1. The number of ether oxygens (including phenoxy) is 1. The average molecular weight is 328 g/mol. The van der Waals surface area contributed by atoms with Crippen molar-refractivity contribution < 1.29 is 14.3 Å². The Labute approximate surface area is 144 Å². The number of fused-ring (bicyclic) bond motifs is 3. The first kappa shape index (κ1) is 17.2. The first-order valence-electron chi connectivity index (χ1n) is 9.00. The first-order valence-corrected chi connectivity index (χ1v) is 9.00. The van der Waals surface area contributed by atoms with Crippen LogP contribution in [0, 0.1) is 11.3 Å². The molecule has 1 saturated carbocycles. The number of rotatable bonds is 2. The summed E-state index contributed by atoms with van der Waals surface area (Å²) in [6.07, 6.45) is 3.24. The van der Waals surface area contributed by atoms with Crippen LogP contribution in [0.3, 0.4) is 0 Å². The third-order valence-corrected chi connectivity index (χ3v) is 6.60. The van der Waals surface area contributed by atoms with Gasteiger partial charge < -0.3 is 4.74 Å². The highest BCUT2D eigenvalue weighted by Gasteiger charge is 2.57. The second-order valence-corrected chi connectivity index (χ2v) is 8.32. The molecule has 1 aromatic rings. The number of ketones is 1. The van der Waals surface area contributed by atoms with E-state index in [2.05, 4.69) is 39.0 Å². The van der Waals surface area contributed by atoms with Crippen LogP contribution < -0.4 is 0 Å². The van der Waals surface area contributed by atoms with Crippen LogP contribution in [0.2, 0.25) is 0 Å². The van der Waals surface area contributed by atoms with Crippen LogP contribution in [-0.4, -0.2) is 18.9 Å². The molecule has 0 amide bonds. The van der Waals surface area contributed by atoms with Gasteiger partial charge in [0.15, 0.2) is 5.78 Å². The van der Waals surface area contributed by atoms with Gasteiger partial charge >= 0.3 is 5.97 Å². The summed E-state index contributed by atoms with van der Waals surface area (Å²) in [5.74, 6) is 0.414. The van der Waals surface area contributed by atoms with Gasteiger partial charge in [-0.15, -0.1) is 0 Å². The Morgan fingerprint density at radius 3 is 2.58 bits per heavy atom. The summed E-state index contributed by atoms with van der Waals surface area (Å²) >= 11 is 0. The van der Waals surface area contributed by atoms with Crippen molar-refractivity contribution in [3.63, 3.8) is 0 Å². The van der Waals surface area contributed by atoms with E-state index in [1.165, 1.54) is 12.7 Å². The van der Waals surface area contributed by atoms with Gasteiger partial charge in [-0.2, -0.15) is 0 Å². The van der Waals surface area contributed by atoms with Crippen molar-refractivity contribution >= 4 is 11.8 Å². The van der Waals surface area contributed by atoms with Crippen LogP contribution >= 0.6 is 0 Å². The number of Topliss-reactive ketones (excluding diaryl/α,β-unsaturated/α-hetero) is 1. The van der Waals surface area contributed by atoms with Gasteiger partial charge in [-0.1, -0.05) is 39.3 Å². The normalized spacial score (nSPS) is 32.2. The molecule has 0 aliphatic heterocycles. The lowest BCUT2D eigenvalue weighted by Crippen LogP contribution is -2.53. The molecule has 3 unspecified atom stereocenters. The van der Waals surface area contributed by atoms with E-state index in [0.29, 0.717) is 12.3 Å². The van der Waals surface area contributed by atoms with Gasteiger partial charge in [0.25, 0.3) is 0 Å². The van der Waals surface area contributed by atoms with E-state index < -0.39 is 5.41 Å². The number of carbonyl (C=O) groups is 2. The molecule has 0 spiro atoms. The number of benzene rings is 1. The monoisotopic (exact) mass is 328 g/mol. The van der Waals surface area contributed by atoms with Gasteiger partial charge in [-0.3, -0.25) is 9.59 Å². The van der Waals surface area contributed by atoms with Crippen LogP contribution in [-0.2, 0) is 14.9 Å². The summed E-state index contributed by atoms with van der Waals surface area (Å²) in [4.78, 5) is 25.4. The van der Waals surface area contributed by atoms with E-state index in [9.17, 15) is 9.59 Å². The van der Waals surface area contributed by atoms with Gasteiger partial charge in [-0.05, 0) is 54.2 Å². The lowest BCUT2D eigenvalue weighted by Gasteiger charge is -2.53. The van der Waals surface area contributed by atoms with Crippen LogP contribution in [0.1, 0.15) is 80.8 Å². The maximum absolute atomic E-state index is 12.9. The summed E-state index contributed by atoms with van der Waals surface area (Å²) in [5, 5.41) is 0. The molecule has 1 fully saturated rings. The summed E-state index contributed by atoms with van der Waals surface area (Å²) < 4.78 is 5.11. The van der Waals surface area contributed by atoms with E-state index in [1.54, 1.807) is 0 Å². The summed E-state index contributed by atoms with van der Waals surface area (Å²) in [7, 11) is 1.45. The molecule has 2 aliphatic rings. The van der Waals surface area contributed by atoms with Crippen molar-refractivity contribution in [2.24, 2.45) is 11.3 Å². The maximum Gasteiger partial charge on any atom is 0.311 e. The standard InChI is InChI=1S/C21H28O3/c1-13(2)14-7-8-16-15(11-14)17(22)12-18-20(16,3)9-6-10-21(18,4)19(23)24-5/h7-8,11,13,18H,6,9-10,12H2,1-5H3. The van der Waals surface area contributed by atoms with Crippen LogP contribution in [0.15, 0.2) is 18.2 Å². The smallest absolute Gasteiger partial charge is 0.311 e. The Kier molecular flexibility index (Phi) is 4.09. The zero-order chi connectivity index (χ0) is 17.7. The second kappa shape index (κ2) is 5.72. The Morgan fingerprint density at radius 1 is 1.25 bits per heavy atom. The van der Waals surface area contributed by atoms with Crippen molar-refractivity contribution in [1.82, 2.24) is 0 Å². The molecule has 0 heterocycles. The van der Waals surface area contributed by atoms with Crippen molar-refractivity contribution in [3.05, 3.63) is 34.9 Å². The molecule has 3 nitrogen and oxygen atoms in total. The van der Waals surface area contributed by atoms with Crippen molar-refractivity contribution in [1.29, 1.82) is 0 Å². The molecule has 0 N–H and O–H groups in total. The fraction of sp³-hybridized carbons (Fsp3) is 0.619. The van der Waals surface area contributed by atoms with Crippen LogP contribution in [0.4, 0.5) is 0 Å². The van der Waals surface area contributed by atoms with E-state index in [0.717, 1.165) is 30.4 Å². The van der Waals surface area contributed by atoms with Gasteiger partial charge in [0, 0.05) is 12.0 Å². The second-order valence-electron chi connectivity index (χ2n) is 8.32. The third-order valence-electron chi connectivity index (χ3n) is 6.60. The Bertz CT molecular complexity index is 690. The predicted molar refractivity (Wildman–Crippen MR) is 94.3 cm³/mol. The van der Waals surface area contributed by atoms with Gasteiger partial charge in [0.2, 0.25) is 0 Å². The minimum absolute atomic E-state index is 0.0103. The van der Waals surface area contributed by atoms with E-state index in [1.807, 2.05) is 6.92 Å². The van der Waals surface area contributed by atoms with Gasteiger partial charge in [-0.25, -0.2) is 0 Å². The zero-order valence-electron chi connectivity index (χ0n) is 15.4. The molecule has 2 aliphatic carbocycles. The number of carbonyl (C=O) groups excluding carboxylic acids is 2. The number of methoxy groups -OCH3 is 1. The molecular formula is C21H28O3. The lowest BCUT2D eigenvalue weighted by molar-refractivity contribution is -0.160. The highest BCUT2D eigenvalue weighted by molar-refractivity contribution is 6.00. The molecule has 0 saturated heterocycles. The molecule has 130 valence electrons. The molecule has 24 heavy (non-hydrogen) atoms. The molecule has 3 rings (SSSR count). The van der Waals surface area contributed by atoms with Crippen molar-refractivity contribution in [2.75, 3.05) is 7.11 Å². The SMILES string of the molecule is COC(=O)C1(C)CCCC2(C)c3ccc(C(C)C)cc3C(=O)CC12. The first-order chi connectivity index (χ1) is 11.2. The minimum Gasteiger partial charge on any atom is -0.469 e. The molecule has 3 heteroatoms. The maximum atomic E-state index is 12.9. The summed E-state index contributed by atoms with van der Waals surface area (Å²) in [6, 6.07) is 6.36. The summed E-state index contributed by atoms with van der Waals surface area (Å²) in [5.41, 5.74) is 2.49. The fourth-order valence-corrected chi connectivity index (χ4v) is 5.07. The molecule has 0 aromatic heterocycles. The van der Waals surface area contributed by atoms with E-state index in [-0.39, 0.29) is 23.1 Å². The van der Waals surface area contributed by atoms with Crippen LogP contribution in [0.25, 0.3) is 0 Å². The Hall–Kier alpha value is -1.64. The third kappa shape index (κ3) is 2.32. The van der Waals surface area contributed by atoms with Crippen molar-refractivity contribution in [3.8, 4) is 0 Å². The molecule has 0 bridgehead atoms. The van der Waals surface area contributed by atoms with Crippen molar-refractivity contribution in [2.45, 2.75) is 64.7 Å². The Morgan fingerprint density at radius 2 is 1.96 bits per heavy atom. The number of hydrogen-bond donors (Lipinski definition) is 0. The molecule has 1 aromatic carbocycles. The molecular weight excluding hydrogens is 300 g/mol. The average Bonchev–Trinajstić information content (AvgIpc) is 2.56. The number of hydrogen-bond acceptors (Lipinski definition) is 3. The van der Waals surface area contributed by atoms with Gasteiger partial charge in [0.1, 0.15) is 0 Å². The van der Waals surface area contributed by atoms with Gasteiger partial charge in [0.05, 0.1) is 12.5 Å². The quantitative estimate of drug-likeness (QED) is 0.743. The highest BCUT2D eigenvalue weighted by atomic mass is 16.5. The molecule has 0 radical (unpaired) electrons. The minimum atomic E-state index is -0.578. The lowest BCUT2D eigenvalue weighted by atomic mass is 9.49. The Balaban J connectivity index is 2.14. The van der Waals surface area contributed by atoms with E-state index in [4.69, 9.17) is 4.74 Å².